The average molecular weight is 737 g/mol. The molecule has 0 saturated carbocycles. The van der Waals surface area contributed by atoms with Crippen molar-refractivity contribution in [3.05, 3.63) is 71.2 Å². The first-order valence-corrected chi connectivity index (χ1v) is 18.4. The van der Waals surface area contributed by atoms with E-state index in [9.17, 15) is 14.7 Å². The molecular formula is C39H49ClN4O8. The number of fused-ring (bicyclic) bond motifs is 2. The van der Waals surface area contributed by atoms with Crippen LogP contribution in [0.2, 0.25) is 5.02 Å². The van der Waals surface area contributed by atoms with Crippen molar-refractivity contribution in [3.8, 4) is 34.5 Å². The number of aromatic hydroxyl groups is 1. The molecule has 3 N–H and O–H groups in total. The van der Waals surface area contributed by atoms with E-state index in [2.05, 4.69) is 34.5 Å². The largest absolute Gasteiger partial charge is 0.508 e. The first-order chi connectivity index (χ1) is 25.2. The van der Waals surface area contributed by atoms with E-state index in [1.54, 1.807) is 12.1 Å². The van der Waals surface area contributed by atoms with Gasteiger partial charge in [0.2, 0.25) is 11.8 Å². The summed E-state index contributed by atoms with van der Waals surface area (Å²) in [6.45, 7) is 5.95. The molecule has 0 aliphatic carbocycles. The molecule has 4 aliphatic heterocycles. The fourth-order valence-corrected chi connectivity index (χ4v) is 6.62. The summed E-state index contributed by atoms with van der Waals surface area (Å²) in [5.74, 6) is 3.68. The lowest BCUT2D eigenvalue weighted by Crippen LogP contribution is -2.44. The summed E-state index contributed by atoms with van der Waals surface area (Å²) < 4.78 is 29.1. The lowest BCUT2D eigenvalue weighted by Gasteiger charge is -2.30. The van der Waals surface area contributed by atoms with Gasteiger partial charge in [0.05, 0.1) is 13.1 Å². The first-order valence-electron chi connectivity index (χ1n) is 18.0. The van der Waals surface area contributed by atoms with Crippen LogP contribution in [0.25, 0.3) is 0 Å². The summed E-state index contributed by atoms with van der Waals surface area (Å²) in [6, 6.07) is 17.9. The van der Waals surface area contributed by atoms with Crippen LogP contribution >= 0.6 is 11.6 Å². The molecule has 0 unspecified atom stereocenters. The quantitative estimate of drug-likeness (QED) is 0.289. The van der Waals surface area contributed by atoms with Gasteiger partial charge in [-0.25, -0.2) is 0 Å². The van der Waals surface area contributed by atoms with Crippen molar-refractivity contribution in [3.63, 3.8) is 0 Å². The van der Waals surface area contributed by atoms with E-state index in [1.807, 2.05) is 42.5 Å². The van der Waals surface area contributed by atoms with Crippen molar-refractivity contribution in [2.24, 2.45) is 11.8 Å². The summed E-state index contributed by atoms with van der Waals surface area (Å²) in [5.41, 5.74) is 1.03. The molecule has 12 nitrogen and oxygen atoms in total. The normalized spacial score (nSPS) is 20.6. The zero-order valence-corrected chi connectivity index (χ0v) is 30.6. The van der Waals surface area contributed by atoms with Gasteiger partial charge in [0.15, 0.2) is 23.0 Å². The number of rotatable bonds is 9. The molecule has 0 bridgehead atoms. The molecule has 0 radical (unpaired) electrons. The van der Waals surface area contributed by atoms with Gasteiger partial charge in [-0.1, -0.05) is 23.7 Å². The van der Waals surface area contributed by atoms with E-state index >= 15 is 0 Å². The second-order valence-electron chi connectivity index (χ2n) is 13.9. The van der Waals surface area contributed by atoms with Gasteiger partial charge >= 0.3 is 0 Å². The van der Waals surface area contributed by atoms with E-state index in [4.69, 9.17) is 35.3 Å². The Labute approximate surface area is 310 Å². The number of phenolic OH excluding ortho intramolecular Hbond substituents is 1. The fraction of sp³-hybridized carbons (Fsp3) is 0.487. The first kappa shape index (κ1) is 37.4. The average Bonchev–Trinajstić information content (AvgIpc) is 3.16. The molecule has 2 atom stereocenters. The third-order valence-corrected chi connectivity index (χ3v) is 10.0. The lowest BCUT2D eigenvalue weighted by molar-refractivity contribution is -0.127. The number of hydrogen-bond acceptors (Lipinski definition) is 10. The number of nitrogens with one attached hydrogen (secondary N) is 2. The third-order valence-electron chi connectivity index (χ3n) is 9.78. The van der Waals surface area contributed by atoms with Crippen molar-refractivity contribution >= 4 is 23.4 Å². The van der Waals surface area contributed by atoms with E-state index in [1.165, 1.54) is 6.07 Å². The zero-order chi connectivity index (χ0) is 36.5. The highest BCUT2D eigenvalue weighted by atomic mass is 35.5. The lowest BCUT2D eigenvalue weighted by atomic mass is 9.96. The van der Waals surface area contributed by atoms with Crippen LogP contribution in [0.15, 0.2) is 60.7 Å². The van der Waals surface area contributed by atoms with Gasteiger partial charge in [0, 0.05) is 29.0 Å². The van der Waals surface area contributed by atoms with E-state index in [-0.39, 0.29) is 41.6 Å². The van der Waals surface area contributed by atoms with Crippen molar-refractivity contribution < 1.29 is 38.4 Å². The van der Waals surface area contributed by atoms with Crippen molar-refractivity contribution in [1.82, 2.24) is 20.4 Å². The molecule has 13 heteroatoms. The molecule has 2 amide bonds. The van der Waals surface area contributed by atoms with Crippen LogP contribution in [-0.4, -0.2) is 106 Å². The number of carbonyl (C=O) groups is 2. The second kappa shape index (κ2) is 17.9. The Kier molecular flexibility index (Phi) is 12.9. The Morgan fingerprint density at radius 3 is 1.77 bits per heavy atom. The molecule has 0 aromatic heterocycles. The molecular weight excluding hydrogens is 688 g/mol. The second-order valence-corrected chi connectivity index (χ2v) is 14.3. The summed E-state index contributed by atoms with van der Waals surface area (Å²) in [7, 11) is 4.17. The van der Waals surface area contributed by atoms with Gasteiger partial charge in [-0.2, -0.15) is 0 Å². The van der Waals surface area contributed by atoms with Gasteiger partial charge in [0.1, 0.15) is 43.5 Å². The standard InChI is InChI=1S/C23H27ClN2O4.C16H22N2O4/c1-26-10-8-17(9-11-26)23(27)25-13-20-15-29-21-7-6-19(12-22(21)30-20)28-14-16-2-4-18(24)5-3-16;1-18-6-4-11(5-7-18)16(20)17-9-13-10-21-14-3-2-12(19)8-15(14)22-13/h2-7,12,17,20H,8-11,13-15H2,1H3,(H,25,27);2-3,8,11,13,19H,4-7,9-10H2,1H3,(H,17,20)/t20-;13-/m11/s1. The van der Waals surface area contributed by atoms with Crippen molar-refractivity contribution in [2.45, 2.75) is 44.5 Å². The highest BCUT2D eigenvalue weighted by molar-refractivity contribution is 6.30. The van der Waals surface area contributed by atoms with Crippen LogP contribution in [0.4, 0.5) is 0 Å². The SMILES string of the molecule is CN1CCC(C(=O)NC[C@@H]2COc3ccc(O)cc3O2)CC1.CN1CCC(C(=O)NC[C@@H]2COc3ccc(OCc4ccc(Cl)cc4)cc3O2)CC1. The predicted molar refractivity (Wildman–Crippen MR) is 197 cm³/mol. The molecule has 52 heavy (non-hydrogen) atoms. The predicted octanol–water partition coefficient (Wildman–Crippen LogP) is 4.51. The summed E-state index contributed by atoms with van der Waals surface area (Å²) in [5, 5.41) is 16.2. The number of piperidine rings is 2. The van der Waals surface area contributed by atoms with Crippen LogP contribution in [-0.2, 0) is 16.2 Å². The molecule has 4 heterocycles. The number of carbonyl (C=O) groups excluding carboxylic acids is 2. The summed E-state index contributed by atoms with van der Waals surface area (Å²) in [4.78, 5) is 29.1. The highest BCUT2D eigenvalue weighted by Crippen LogP contribution is 2.36. The number of ether oxygens (including phenoxy) is 5. The maximum absolute atomic E-state index is 12.4. The molecule has 0 spiro atoms. The monoisotopic (exact) mass is 736 g/mol. The van der Waals surface area contributed by atoms with Gasteiger partial charge in [0.25, 0.3) is 0 Å². The van der Waals surface area contributed by atoms with Crippen LogP contribution < -0.4 is 34.3 Å². The van der Waals surface area contributed by atoms with E-state index in [0.717, 1.165) is 57.4 Å². The Balaban J connectivity index is 0.000000187. The van der Waals surface area contributed by atoms with Crippen molar-refractivity contribution in [2.75, 3.05) is 66.6 Å². The van der Waals surface area contributed by atoms with Gasteiger partial charge < -0.3 is 49.2 Å². The molecule has 3 aromatic carbocycles. The highest BCUT2D eigenvalue weighted by Gasteiger charge is 2.28. The number of phenols is 1. The summed E-state index contributed by atoms with van der Waals surface area (Å²) >= 11 is 5.92. The molecule has 7 rings (SSSR count). The minimum absolute atomic E-state index is 0.0888. The Morgan fingerprint density at radius 1 is 0.731 bits per heavy atom. The number of amides is 2. The number of hydrogen-bond donors (Lipinski definition) is 3. The number of likely N-dealkylation sites (tertiary alicyclic amines) is 2. The molecule has 2 saturated heterocycles. The smallest absolute Gasteiger partial charge is 0.223 e. The molecule has 280 valence electrons. The third kappa shape index (κ3) is 10.6. The zero-order valence-electron chi connectivity index (χ0n) is 29.9. The molecule has 3 aromatic rings. The Hall–Kier alpha value is -4.39. The van der Waals surface area contributed by atoms with E-state index < -0.39 is 0 Å². The Bertz CT molecular complexity index is 1640. The number of halogens is 1. The molecule has 4 aliphatic rings. The Morgan fingerprint density at radius 2 is 1.23 bits per heavy atom. The summed E-state index contributed by atoms with van der Waals surface area (Å²) in [6.07, 6.45) is 3.16. The maximum Gasteiger partial charge on any atom is 0.223 e. The van der Waals surface area contributed by atoms with Crippen LogP contribution in [0, 0.1) is 11.8 Å². The fourth-order valence-electron chi connectivity index (χ4n) is 6.50. The number of nitrogens with zero attached hydrogens (tertiary/aromatic N) is 2. The van der Waals surface area contributed by atoms with Gasteiger partial charge in [-0.15, -0.1) is 0 Å². The number of benzene rings is 3. The van der Waals surface area contributed by atoms with Crippen LogP contribution in [0.5, 0.6) is 34.5 Å². The van der Waals surface area contributed by atoms with Crippen LogP contribution in [0.1, 0.15) is 31.2 Å². The van der Waals surface area contributed by atoms with Crippen molar-refractivity contribution in [1.29, 1.82) is 0 Å². The minimum Gasteiger partial charge on any atom is -0.508 e. The van der Waals surface area contributed by atoms with Gasteiger partial charge in [-0.05, 0) is 108 Å². The molecule has 2 fully saturated rings. The topological polar surface area (TPSA) is 131 Å². The minimum atomic E-state index is -0.232. The van der Waals surface area contributed by atoms with E-state index in [0.29, 0.717) is 66.7 Å². The maximum atomic E-state index is 12.4. The van der Waals surface area contributed by atoms with Gasteiger partial charge in [-0.3, -0.25) is 9.59 Å². The van der Waals surface area contributed by atoms with Crippen LogP contribution in [0.3, 0.4) is 0 Å².